The third-order valence-corrected chi connectivity index (χ3v) is 8.54. The molecule has 1 N–H and O–H groups in total. The van der Waals surface area contributed by atoms with E-state index in [0.717, 1.165) is 21.3 Å². The monoisotopic (exact) mass is 665 g/mol. The second-order valence-corrected chi connectivity index (χ2v) is 11.6. The van der Waals surface area contributed by atoms with Crippen LogP contribution in [0.25, 0.3) is 0 Å². The summed E-state index contributed by atoms with van der Waals surface area (Å²) >= 11 is 4.61. The highest BCUT2D eigenvalue weighted by atomic mass is 79.9. The Kier molecular flexibility index (Phi) is 8.97. The van der Waals surface area contributed by atoms with Crippen LogP contribution >= 0.6 is 27.7 Å². The summed E-state index contributed by atoms with van der Waals surface area (Å²) in [5, 5.41) is 28.8. The van der Waals surface area contributed by atoms with Crippen LogP contribution in [-0.2, 0) is 18.4 Å². The molecule has 5 rings (SSSR count). The van der Waals surface area contributed by atoms with Crippen molar-refractivity contribution in [1.82, 2.24) is 25.1 Å². The molecule has 0 bridgehead atoms. The van der Waals surface area contributed by atoms with Crippen LogP contribution < -0.4 is 5.32 Å². The molecule has 0 spiro atoms. The van der Waals surface area contributed by atoms with E-state index in [2.05, 4.69) is 36.5 Å². The number of hydrazone groups is 1. The molecule has 0 fully saturated rings. The molecule has 2 heterocycles. The maximum absolute atomic E-state index is 13.6. The van der Waals surface area contributed by atoms with Crippen molar-refractivity contribution in [2.75, 3.05) is 5.75 Å². The van der Waals surface area contributed by atoms with Crippen molar-refractivity contribution in [2.24, 2.45) is 12.1 Å². The first kappa shape index (κ1) is 30.0. The van der Waals surface area contributed by atoms with E-state index in [-0.39, 0.29) is 40.8 Å². The van der Waals surface area contributed by atoms with E-state index in [1.54, 1.807) is 23.7 Å². The summed E-state index contributed by atoms with van der Waals surface area (Å²) in [6.07, 6.45) is 0.474. The molecule has 0 saturated carbocycles. The predicted octanol–water partition coefficient (Wildman–Crippen LogP) is 5.33. The Balaban J connectivity index is 1.26. The number of hydrogen-bond donors (Lipinski definition) is 1. The van der Waals surface area contributed by atoms with Crippen molar-refractivity contribution in [2.45, 2.75) is 31.1 Å². The van der Waals surface area contributed by atoms with E-state index in [9.17, 15) is 24.1 Å². The third kappa shape index (κ3) is 6.65. The van der Waals surface area contributed by atoms with Gasteiger partial charge in [-0.3, -0.25) is 19.7 Å². The highest BCUT2D eigenvalue weighted by molar-refractivity contribution is 9.10. The summed E-state index contributed by atoms with van der Waals surface area (Å²) in [7, 11) is 1.72. The molecule has 220 valence electrons. The average Bonchev–Trinajstić information content (AvgIpc) is 3.59. The fourth-order valence-corrected chi connectivity index (χ4v) is 5.69. The number of carbonyl (C=O) groups is 2. The lowest BCUT2D eigenvalue weighted by Crippen LogP contribution is -2.28. The van der Waals surface area contributed by atoms with Gasteiger partial charge in [0.2, 0.25) is 0 Å². The number of amides is 2. The van der Waals surface area contributed by atoms with Crippen molar-refractivity contribution in [1.29, 1.82) is 0 Å². The quantitative estimate of drug-likeness (QED) is 0.145. The number of carbonyl (C=O) groups excluding carboxylic acids is 2. The van der Waals surface area contributed by atoms with Gasteiger partial charge in [0, 0.05) is 35.1 Å². The smallest absolute Gasteiger partial charge is 0.273 e. The Morgan fingerprint density at radius 2 is 1.84 bits per heavy atom. The Morgan fingerprint density at radius 1 is 1.12 bits per heavy atom. The molecule has 14 heteroatoms. The Labute approximate surface area is 258 Å². The van der Waals surface area contributed by atoms with Crippen LogP contribution in [-0.4, -0.2) is 48.0 Å². The zero-order valence-corrected chi connectivity index (χ0v) is 25.4. The molecule has 0 aliphatic carbocycles. The molecular formula is C29H25BrFN7O4S. The van der Waals surface area contributed by atoms with Crippen LogP contribution in [0.2, 0.25) is 0 Å². The van der Waals surface area contributed by atoms with E-state index in [1.807, 2.05) is 24.3 Å². The minimum Gasteiger partial charge on any atom is -0.345 e. The van der Waals surface area contributed by atoms with Gasteiger partial charge in [0.25, 0.3) is 17.5 Å². The fourth-order valence-electron chi connectivity index (χ4n) is 4.64. The molecule has 1 atom stereocenters. The maximum Gasteiger partial charge on any atom is 0.273 e. The SMILES string of the molecule is Cc1c(C(=O)NCc2nnc(SCC(=O)N3N=C(c4ccc(Br)cc4)C[C@@H]3c3ccc(F)cc3)n2C)cccc1[N+](=O)[O-]. The lowest BCUT2D eigenvalue weighted by Gasteiger charge is -2.22. The van der Waals surface area contributed by atoms with Gasteiger partial charge in [-0.05, 0) is 48.4 Å². The lowest BCUT2D eigenvalue weighted by atomic mass is 9.98. The number of nitro groups is 1. The number of nitrogens with one attached hydrogen (secondary N) is 1. The van der Waals surface area contributed by atoms with Crippen molar-refractivity contribution in [3.63, 3.8) is 0 Å². The van der Waals surface area contributed by atoms with Gasteiger partial charge >= 0.3 is 0 Å². The normalized spacial score (nSPS) is 14.5. The number of hydrogen-bond acceptors (Lipinski definition) is 8. The number of thioether (sulfide) groups is 1. The average molecular weight is 667 g/mol. The predicted molar refractivity (Wildman–Crippen MR) is 162 cm³/mol. The van der Waals surface area contributed by atoms with Gasteiger partial charge in [-0.25, -0.2) is 9.40 Å². The molecular weight excluding hydrogens is 641 g/mol. The number of rotatable bonds is 9. The number of halogens is 2. The first-order valence-electron chi connectivity index (χ1n) is 13.1. The summed E-state index contributed by atoms with van der Waals surface area (Å²) in [5.41, 5.74) is 2.73. The Hall–Kier alpha value is -4.43. The van der Waals surface area contributed by atoms with Crippen molar-refractivity contribution < 1.29 is 18.9 Å². The number of aromatic nitrogens is 3. The number of nitrogens with zero attached hydrogens (tertiary/aromatic N) is 6. The topological polar surface area (TPSA) is 136 Å². The molecule has 1 aliphatic rings. The molecule has 1 aromatic heterocycles. The highest BCUT2D eigenvalue weighted by Crippen LogP contribution is 2.34. The first-order chi connectivity index (χ1) is 20.6. The van der Waals surface area contributed by atoms with Gasteiger partial charge in [-0.15, -0.1) is 10.2 Å². The molecule has 3 aromatic carbocycles. The molecule has 0 unspecified atom stereocenters. The molecule has 43 heavy (non-hydrogen) atoms. The van der Waals surface area contributed by atoms with E-state index >= 15 is 0 Å². The Morgan fingerprint density at radius 3 is 2.53 bits per heavy atom. The summed E-state index contributed by atoms with van der Waals surface area (Å²) in [6.45, 7) is 1.55. The summed E-state index contributed by atoms with van der Waals surface area (Å²) in [4.78, 5) is 36.9. The van der Waals surface area contributed by atoms with E-state index in [4.69, 9.17) is 0 Å². The van der Waals surface area contributed by atoms with Crippen LogP contribution in [0.1, 0.15) is 45.3 Å². The summed E-state index contributed by atoms with van der Waals surface area (Å²) in [5.74, 6) is -0.648. The second-order valence-electron chi connectivity index (χ2n) is 9.70. The molecule has 0 radical (unpaired) electrons. The summed E-state index contributed by atoms with van der Waals surface area (Å²) in [6, 6.07) is 17.6. The molecule has 4 aromatic rings. The molecule has 11 nitrogen and oxygen atoms in total. The standard InChI is InChI=1S/C29H25BrFN7O4S/c1-17-22(4-3-5-24(17)38(41)42)28(40)32-15-26-33-34-29(36(26)2)43-16-27(39)37-25(19-8-12-21(31)13-9-19)14-23(35-37)18-6-10-20(30)11-7-18/h3-13,25H,14-16H2,1-2H3,(H,32,40)/t25-/m1/s1. The van der Waals surface area contributed by atoms with Gasteiger partial charge in [-0.2, -0.15) is 5.10 Å². The number of nitro benzene ring substituents is 1. The van der Waals surface area contributed by atoms with E-state index in [0.29, 0.717) is 17.4 Å². The van der Waals surface area contributed by atoms with E-state index in [1.165, 1.54) is 54.0 Å². The van der Waals surface area contributed by atoms with Gasteiger partial charge in [0.15, 0.2) is 11.0 Å². The van der Waals surface area contributed by atoms with Crippen LogP contribution in [0.5, 0.6) is 0 Å². The van der Waals surface area contributed by atoms with Crippen LogP contribution in [0.4, 0.5) is 10.1 Å². The molecule has 2 amide bonds. The zero-order valence-electron chi connectivity index (χ0n) is 23.0. The van der Waals surface area contributed by atoms with Crippen LogP contribution in [0.3, 0.4) is 0 Å². The fraction of sp³-hybridized carbons (Fsp3) is 0.207. The van der Waals surface area contributed by atoms with E-state index < -0.39 is 16.9 Å². The van der Waals surface area contributed by atoms with Gasteiger partial charge in [0.05, 0.1) is 29.0 Å². The van der Waals surface area contributed by atoms with Gasteiger partial charge in [0.1, 0.15) is 5.82 Å². The minimum atomic E-state index is -0.531. The van der Waals surface area contributed by atoms with Crippen molar-refractivity contribution in [3.05, 3.63) is 115 Å². The highest BCUT2D eigenvalue weighted by Gasteiger charge is 2.33. The van der Waals surface area contributed by atoms with Gasteiger partial charge < -0.3 is 9.88 Å². The second kappa shape index (κ2) is 12.8. The van der Waals surface area contributed by atoms with Crippen LogP contribution in [0.15, 0.2) is 81.5 Å². The largest absolute Gasteiger partial charge is 0.345 e. The molecule has 1 aliphatic heterocycles. The maximum atomic E-state index is 13.6. The molecule has 0 saturated heterocycles. The Bertz CT molecular complexity index is 1730. The van der Waals surface area contributed by atoms with Crippen molar-refractivity contribution in [3.8, 4) is 0 Å². The van der Waals surface area contributed by atoms with Crippen molar-refractivity contribution >= 4 is 50.9 Å². The van der Waals surface area contributed by atoms with Gasteiger partial charge in [-0.1, -0.05) is 58.0 Å². The minimum absolute atomic E-state index is 0.0139. The summed E-state index contributed by atoms with van der Waals surface area (Å²) < 4.78 is 16.2. The zero-order chi connectivity index (χ0) is 30.7. The lowest BCUT2D eigenvalue weighted by molar-refractivity contribution is -0.385. The number of benzene rings is 3. The third-order valence-electron chi connectivity index (χ3n) is 7.00. The van der Waals surface area contributed by atoms with Crippen LogP contribution in [0, 0.1) is 22.9 Å². The first-order valence-corrected chi connectivity index (χ1v) is 14.8.